The van der Waals surface area contributed by atoms with E-state index in [1.807, 2.05) is 26.0 Å². The minimum atomic E-state index is -0.0923. The van der Waals surface area contributed by atoms with E-state index in [1.165, 1.54) is 5.56 Å². The summed E-state index contributed by atoms with van der Waals surface area (Å²) >= 11 is 0. The minimum Gasteiger partial charge on any atom is -0.496 e. The lowest BCUT2D eigenvalue weighted by atomic mass is 9.80. The topological polar surface area (TPSA) is 67.2 Å². The van der Waals surface area contributed by atoms with Crippen LogP contribution in [0.2, 0.25) is 0 Å². The predicted octanol–water partition coefficient (Wildman–Crippen LogP) is 7.49. The number of nitrogens with zero attached hydrogens (tertiary/aromatic N) is 2. The van der Waals surface area contributed by atoms with Crippen molar-refractivity contribution < 1.29 is 9.47 Å². The smallest absolute Gasteiger partial charge is 0.126 e. The Morgan fingerprint density at radius 1 is 0.590 bits per heavy atom. The summed E-state index contributed by atoms with van der Waals surface area (Å²) in [5.41, 5.74) is 16.4. The molecule has 192 valence electrons. The van der Waals surface area contributed by atoms with Gasteiger partial charge in [-0.15, -0.1) is 0 Å². The zero-order valence-electron chi connectivity index (χ0n) is 22.3. The van der Waals surface area contributed by atoms with E-state index in [2.05, 4.69) is 77.6 Å². The van der Waals surface area contributed by atoms with Gasteiger partial charge in [-0.25, -0.2) is 0 Å². The zero-order valence-corrected chi connectivity index (χ0v) is 22.3. The summed E-state index contributed by atoms with van der Waals surface area (Å²) in [6.07, 6.45) is 0. The maximum absolute atomic E-state index is 5.74. The van der Waals surface area contributed by atoms with Gasteiger partial charge >= 0.3 is 0 Å². The van der Waals surface area contributed by atoms with Crippen molar-refractivity contribution in [2.75, 3.05) is 25.1 Å². The second-order valence-electron chi connectivity index (χ2n) is 10.00. The molecule has 0 aliphatic carbocycles. The van der Waals surface area contributed by atoms with E-state index in [0.717, 1.165) is 78.1 Å². The molecule has 0 spiro atoms. The van der Waals surface area contributed by atoms with Crippen LogP contribution in [0.15, 0.2) is 89.1 Å². The number of hydrogen-bond donors (Lipinski definition) is 2. The molecule has 0 saturated carbocycles. The van der Waals surface area contributed by atoms with Crippen LogP contribution in [0.25, 0.3) is 21.5 Å². The van der Waals surface area contributed by atoms with Crippen molar-refractivity contribution in [1.29, 1.82) is 0 Å². The first-order valence-electron chi connectivity index (χ1n) is 13.0. The van der Waals surface area contributed by atoms with Crippen LogP contribution < -0.4 is 20.3 Å². The van der Waals surface area contributed by atoms with Gasteiger partial charge in [0.15, 0.2) is 0 Å². The maximum Gasteiger partial charge on any atom is 0.126 e. The SMILES string of the molecule is COc1ccc2c3c(c(C(c4ccccc4)c4ccc5c(OC)ccc6c5c4NN=C6C)ccc13)NN=C2C. The van der Waals surface area contributed by atoms with Crippen LogP contribution >= 0.6 is 0 Å². The first kappa shape index (κ1) is 23.3. The molecule has 0 aromatic heterocycles. The first-order chi connectivity index (χ1) is 19.1. The maximum atomic E-state index is 5.74. The van der Waals surface area contributed by atoms with Crippen molar-refractivity contribution in [2.24, 2.45) is 10.2 Å². The van der Waals surface area contributed by atoms with Gasteiger partial charge in [-0.3, -0.25) is 10.9 Å². The highest BCUT2D eigenvalue weighted by molar-refractivity contribution is 6.19. The van der Waals surface area contributed by atoms with Crippen molar-refractivity contribution in [3.63, 3.8) is 0 Å². The van der Waals surface area contributed by atoms with Gasteiger partial charge in [-0.2, -0.15) is 10.2 Å². The van der Waals surface area contributed by atoms with E-state index in [1.54, 1.807) is 14.2 Å². The normalized spacial score (nSPS) is 13.6. The van der Waals surface area contributed by atoms with E-state index in [9.17, 15) is 0 Å². The van der Waals surface area contributed by atoms with Crippen LogP contribution in [0, 0.1) is 0 Å². The fraction of sp³-hybridized carbons (Fsp3) is 0.152. The molecule has 0 saturated heterocycles. The fourth-order valence-electron chi connectivity index (χ4n) is 6.13. The molecule has 2 N–H and O–H groups in total. The fourth-order valence-corrected chi connectivity index (χ4v) is 6.13. The summed E-state index contributed by atoms with van der Waals surface area (Å²) in [5, 5.41) is 13.8. The second kappa shape index (κ2) is 8.88. The summed E-state index contributed by atoms with van der Waals surface area (Å²) in [6.45, 7) is 4.07. The van der Waals surface area contributed by atoms with Gasteiger partial charge in [0.2, 0.25) is 0 Å². The molecule has 5 aromatic carbocycles. The Bertz CT molecular complexity index is 1740. The second-order valence-corrected chi connectivity index (χ2v) is 10.00. The number of nitrogens with one attached hydrogen (secondary N) is 2. The first-order valence-corrected chi connectivity index (χ1v) is 13.0. The molecule has 7 rings (SSSR count). The number of ether oxygens (including phenoxy) is 2. The third-order valence-corrected chi connectivity index (χ3v) is 7.99. The van der Waals surface area contributed by atoms with Gasteiger partial charge in [0.05, 0.1) is 37.0 Å². The van der Waals surface area contributed by atoms with Gasteiger partial charge in [0.25, 0.3) is 0 Å². The lowest BCUT2D eigenvalue weighted by Crippen LogP contribution is -2.15. The number of anilines is 2. The van der Waals surface area contributed by atoms with E-state index >= 15 is 0 Å². The van der Waals surface area contributed by atoms with Gasteiger partial charge < -0.3 is 9.47 Å². The number of hydrazone groups is 2. The van der Waals surface area contributed by atoms with E-state index < -0.39 is 0 Å². The highest BCUT2D eigenvalue weighted by Crippen LogP contribution is 2.48. The third kappa shape index (κ3) is 3.41. The molecule has 6 heteroatoms. The Hall–Kier alpha value is -4.84. The summed E-state index contributed by atoms with van der Waals surface area (Å²) < 4.78 is 11.5. The van der Waals surface area contributed by atoms with Crippen molar-refractivity contribution in [2.45, 2.75) is 19.8 Å². The molecular formula is C33H28N4O2. The van der Waals surface area contributed by atoms with E-state index in [0.29, 0.717) is 0 Å². The molecule has 39 heavy (non-hydrogen) atoms. The molecule has 2 heterocycles. The van der Waals surface area contributed by atoms with Gasteiger partial charge in [-0.05, 0) is 54.8 Å². The standard InChI is InChI=1S/C33H28N4O2/c1-18-21-14-16-27(38-3)23-10-12-25(32(30(21)23)36-34-18)29(20-8-6-5-7-9-20)26-13-11-24-28(39-4)17-15-22-19(2)35-37-33(26)31(22)24/h5-17,29,36-37H,1-4H3. The van der Waals surface area contributed by atoms with Gasteiger partial charge in [0, 0.05) is 38.6 Å². The average Bonchev–Trinajstić information content (AvgIpc) is 2.98. The Kier molecular flexibility index (Phi) is 5.30. The van der Waals surface area contributed by atoms with Crippen LogP contribution in [0.4, 0.5) is 11.4 Å². The number of benzene rings is 5. The average molecular weight is 513 g/mol. The van der Waals surface area contributed by atoms with Crippen LogP contribution in [-0.2, 0) is 0 Å². The molecule has 0 unspecified atom stereocenters. The Balaban J connectivity index is 1.56. The zero-order chi connectivity index (χ0) is 26.7. The lowest BCUT2D eigenvalue weighted by Gasteiger charge is -2.29. The number of hydrogen-bond acceptors (Lipinski definition) is 6. The number of methoxy groups -OCH3 is 2. The molecule has 0 radical (unpaired) electrons. The van der Waals surface area contributed by atoms with Gasteiger partial charge in [-0.1, -0.05) is 54.6 Å². The largest absolute Gasteiger partial charge is 0.496 e. The van der Waals surface area contributed by atoms with Crippen LogP contribution in [0.3, 0.4) is 0 Å². The molecule has 0 bridgehead atoms. The molecule has 0 atom stereocenters. The predicted molar refractivity (Wildman–Crippen MR) is 160 cm³/mol. The Morgan fingerprint density at radius 3 is 1.54 bits per heavy atom. The third-order valence-electron chi connectivity index (χ3n) is 7.99. The monoisotopic (exact) mass is 512 g/mol. The molecule has 0 amide bonds. The summed E-state index contributed by atoms with van der Waals surface area (Å²) in [5.74, 6) is 1.60. The summed E-state index contributed by atoms with van der Waals surface area (Å²) in [4.78, 5) is 0. The van der Waals surface area contributed by atoms with Crippen LogP contribution in [0.1, 0.15) is 47.6 Å². The van der Waals surface area contributed by atoms with Gasteiger partial charge in [0.1, 0.15) is 11.5 Å². The molecule has 6 nitrogen and oxygen atoms in total. The van der Waals surface area contributed by atoms with Crippen molar-refractivity contribution in [3.8, 4) is 11.5 Å². The van der Waals surface area contributed by atoms with Crippen molar-refractivity contribution in [1.82, 2.24) is 0 Å². The van der Waals surface area contributed by atoms with E-state index in [4.69, 9.17) is 19.7 Å². The molecule has 0 fully saturated rings. The Morgan fingerprint density at radius 2 is 1.08 bits per heavy atom. The van der Waals surface area contributed by atoms with Crippen molar-refractivity contribution in [3.05, 3.63) is 107 Å². The lowest BCUT2D eigenvalue weighted by molar-refractivity contribution is 0.419. The van der Waals surface area contributed by atoms with Crippen LogP contribution in [0.5, 0.6) is 11.5 Å². The summed E-state index contributed by atoms with van der Waals surface area (Å²) in [6, 6.07) is 27.6. The highest BCUT2D eigenvalue weighted by Gasteiger charge is 2.29. The minimum absolute atomic E-state index is 0.0923. The van der Waals surface area contributed by atoms with E-state index in [-0.39, 0.29) is 5.92 Å². The van der Waals surface area contributed by atoms with Crippen molar-refractivity contribution >= 4 is 44.3 Å². The number of rotatable bonds is 5. The van der Waals surface area contributed by atoms with Crippen LogP contribution in [-0.4, -0.2) is 25.6 Å². The molecular weight excluding hydrogens is 484 g/mol. The highest BCUT2D eigenvalue weighted by atomic mass is 16.5. The quantitative estimate of drug-likeness (QED) is 0.240. The molecule has 2 aliphatic rings. The molecule has 5 aromatic rings. The molecule has 2 aliphatic heterocycles. The Labute approximate surface area is 227 Å². The summed E-state index contributed by atoms with van der Waals surface area (Å²) in [7, 11) is 3.43.